The summed E-state index contributed by atoms with van der Waals surface area (Å²) in [6.07, 6.45) is 2.26. The van der Waals surface area contributed by atoms with Crippen LogP contribution in [0.15, 0.2) is 53.6 Å². The summed E-state index contributed by atoms with van der Waals surface area (Å²) in [5.74, 6) is 1.30. The van der Waals surface area contributed by atoms with E-state index in [4.69, 9.17) is 9.97 Å². The number of thioether (sulfide) groups is 1. The first-order valence-corrected chi connectivity index (χ1v) is 10.8. The van der Waals surface area contributed by atoms with E-state index >= 15 is 0 Å². The van der Waals surface area contributed by atoms with Crippen LogP contribution in [0.1, 0.15) is 19.8 Å². The number of halogens is 1. The van der Waals surface area contributed by atoms with Gasteiger partial charge in [0.15, 0.2) is 5.82 Å². The van der Waals surface area contributed by atoms with Gasteiger partial charge in [-0.05, 0) is 55.2 Å². The Bertz CT molecular complexity index is 1000. The number of nitrogens with zero attached hydrogens (tertiary/aromatic N) is 3. The fourth-order valence-electron chi connectivity index (χ4n) is 3.36. The van der Waals surface area contributed by atoms with Crippen molar-refractivity contribution in [1.82, 2.24) is 9.97 Å². The lowest BCUT2D eigenvalue weighted by molar-refractivity contribution is -0.113. The fourth-order valence-corrected chi connectivity index (χ4v) is 4.17. The molecule has 0 bridgehead atoms. The molecule has 1 saturated heterocycles. The second kappa shape index (κ2) is 8.78. The standard InChI is InChI=1S/C22H23FN4OS/c1-15-10-12-27(13-11-15)21-22(26-19-5-3-2-4-18(19)25-21)29-14-20(28)24-17-8-6-16(23)7-9-17/h2-9,15H,10-14H2,1H3,(H,24,28). The van der Waals surface area contributed by atoms with Crippen molar-refractivity contribution in [2.45, 2.75) is 24.8 Å². The van der Waals surface area contributed by atoms with Crippen LogP contribution in [-0.4, -0.2) is 34.7 Å². The first-order valence-electron chi connectivity index (χ1n) is 9.78. The molecule has 0 unspecified atom stereocenters. The Labute approximate surface area is 173 Å². The molecule has 0 aliphatic carbocycles. The molecule has 1 aliphatic rings. The molecule has 2 aromatic carbocycles. The van der Waals surface area contributed by atoms with Crippen LogP contribution in [-0.2, 0) is 4.79 Å². The topological polar surface area (TPSA) is 58.1 Å². The Morgan fingerprint density at radius 2 is 1.76 bits per heavy atom. The molecule has 1 aromatic heterocycles. The molecule has 4 rings (SSSR count). The van der Waals surface area contributed by atoms with Crippen LogP contribution in [0.4, 0.5) is 15.9 Å². The number of rotatable bonds is 5. The summed E-state index contributed by atoms with van der Waals surface area (Å²) in [6, 6.07) is 13.6. The van der Waals surface area contributed by atoms with E-state index in [1.54, 1.807) is 12.1 Å². The highest BCUT2D eigenvalue weighted by Gasteiger charge is 2.22. The van der Waals surface area contributed by atoms with Crippen molar-refractivity contribution >= 4 is 40.2 Å². The minimum atomic E-state index is -0.329. The quantitative estimate of drug-likeness (QED) is 0.616. The van der Waals surface area contributed by atoms with Gasteiger partial charge in [0.05, 0.1) is 16.8 Å². The number of carbonyl (C=O) groups excluding carboxylic acids is 1. The van der Waals surface area contributed by atoms with Gasteiger partial charge in [-0.15, -0.1) is 0 Å². The maximum Gasteiger partial charge on any atom is 0.234 e. The van der Waals surface area contributed by atoms with Crippen molar-refractivity contribution in [2.75, 3.05) is 29.1 Å². The number of nitrogens with one attached hydrogen (secondary N) is 1. The van der Waals surface area contributed by atoms with Crippen molar-refractivity contribution in [3.63, 3.8) is 0 Å². The monoisotopic (exact) mass is 410 g/mol. The average Bonchev–Trinajstić information content (AvgIpc) is 2.74. The number of aromatic nitrogens is 2. The van der Waals surface area contributed by atoms with Gasteiger partial charge >= 0.3 is 0 Å². The van der Waals surface area contributed by atoms with Crippen LogP contribution in [0.2, 0.25) is 0 Å². The number of amides is 1. The minimum Gasteiger partial charge on any atom is -0.354 e. The fraction of sp³-hybridized carbons (Fsp3) is 0.318. The first-order chi connectivity index (χ1) is 14.1. The molecular weight excluding hydrogens is 387 g/mol. The van der Waals surface area contributed by atoms with Gasteiger partial charge in [0.2, 0.25) is 5.91 Å². The predicted molar refractivity (Wildman–Crippen MR) is 116 cm³/mol. The average molecular weight is 411 g/mol. The van der Waals surface area contributed by atoms with Crippen molar-refractivity contribution < 1.29 is 9.18 Å². The highest BCUT2D eigenvalue weighted by Crippen LogP contribution is 2.31. The van der Waals surface area contributed by atoms with Crippen molar-refractivity contribution in [1.29, 1.82) is 0 Å². The maximum atomic E-state index is 13.0. The number of fused-ring (bicyclic) bond motifs is 1. The molecule has 1 aliphatic heterocycles. The highest BCUT2D eigenvalue weighted by molar-refractivity contribution is 8.00. The van der Waals surface area contributed by atoms with Crippen molar-refractivity contribution in [3.05, 3.63) is 54.3 Å². The second-order valence-electron chi connectivity index (χ2n) is 7.35. The predicted octanol–water partition coefficient (Wildman–Crippen LogP) is 4.74. The summed E-state index contributed by atoms with van der Waals surface area (Å²) in [5, 5.41) is 3.56. The molecule has 1 amide bonds. The van der Waals surface area contributed by atoms with E-state index in [1.807, 2.05) is 24.3 Å². The van der Waals surface area contributed by atoms with Crippen LogP contribution in [0.25, 0.3) is 11.0 Å². The zero-order valence-corrected chi connectivity index (χ0v) is 17.1. The van der Waals surface area contributed by atoms with Crippen LogP contribution in [0.3, 0.4) is 0 Å². The van der Waals surface area contributed by atoms with Gasteiger partial charge in [0, 0.05) is 18.8 Å². The van der Waals surface area contributed by atoms with E-state index in [-0.39, 0.29) is 17.5 Å². The third-order valence-corrected chi connectivity index (χ3v) is 6.03. The Hall–Kier alpha value is -2.67. The van der Waals surface area contributed by atoms with Gasteiger partial charge in [0.1, 0.15) is 10.8 Å². The van der Waals surface area contributed by atoms with E-state index in [2.05, 4.69) is 17.1 Å². The highest BCUT2D eigenvalue weighted by atomic mass is 32.2. The molecule has 0 radical (unpaired) electrons. The first kappa shape index (κ1) is 19.6. The Kier molecular flexibility index (Phi) is 5.94. The van der Waals surface area contributed by atoms with Crippen molar-refractivity contribution in [3.8, 4) is 0 Å². The smallest absolute Gasteiger partial charge is 0.234 e. The Morgan fingerprint density at radius 3 is 2.45 bits per heavy atom. The molecule has 1 N–H and O–H groups in total. The van der Waals surface area contributed by atoms with Gasteiger partial charge < -0.3 is 10.2 Å². The summed E-state index contributed by atoms with van der Waals surface area (Å²) in [5.41, 5.74) is 2.26. The molecule has 0 spiro atoms. The van der Waals surface area contributed by atoms with Crippen LogP contribution in [0.5, 0.6) is 0 Å². The molecule has 5 nitrogen and oxygen atoms in total. The Balaban J connectivity index is 1.52. The molecule has 150 valence electrons. The minimum absolute atomic E-state index is 0.158. The van der Waals surface area contributed by atoms with Gasteiger partial charge in [-0.2, -0.15) is 0 Å². The van der Waals surface area contributed by atoms with E-state index in [0.29, 0.717) is 5.69 Å². The lowest BCUT2D eigenvalue weighted by Crippen LogP contribution is -2.34. The largest absolute Gasteiger partial charge is 0.354 e. The van der Waals surface area contributed by atoms with E-state index in [1.165, 1.54) is 23.9 Å². The third kappa shape index (κ3) is 4.85. The molecule has 0 saturated carbocycles. The zero-order chi connectivity index (χ0) is 20.2. The van der Waals surface area contributed by atoms with E-state index in [9.17, 15) is 9.18 Å². The van der Waals surface area contributed by atoms with Crippen LogP contribution in [0, 0.1) is 11.7 Å². The summed E-state index contributed by atoms with van der Waals surface area (Å²) < 4.78 is 13.0. The third-order valence-electron chi connectivity index (χ3n) is 5.07. The van der Waals surface area contributed by atoms with E-state index in [0.717, 1.165) is 53.7 Å². The lowest BCUT2D eigenvalue weighted by atomic mass is 9.99. The van der Waals surface area contributed by atoms with Crippen LogP contribution < -0.4 is 10.2 Å². The normalized spacial score (nSPS) is 14.9. The number of hydrogen-bond acceptors (Lipinski definition) is 5. The van der Waals surface area contributed by atoms with Gasteiger partial charge in [0.25, 0.3) is 0 Å². The van der Waals surface area contributed by atoms with Gasteiger partial charge in [-0.3, -0.25) is 4.79 Å². The molecule has 7 heteroatoms. The Morgan fingerprint density at radius 1 is 1.10 bits per heavy atom. The van der Waals surface area contributed by atoms with Gasteiger partial charge in [-0.25, -0.2) is 14.4 Å². The zero-order valence-electron chi connectivity index (χ0n) is 16.3. The molecule has 29 heavy (non-hydrogen) atoms. The summed E-state index contributed by atoms with van der Waals surface area (Å²) in [7, 11) is 0. The molecule has 3 aromatic rings. The molecule has 2 heterocycles. The second-order valence-corrected chi connectivity index (χ2v) is 8.32. The number of anilines is 2. The number of para-hydroxylation sites is 2. The summed E-state index contributed by atoms with van der Waals surface area (Å²) >= 11 is 1.39. The molecule has 1 fully saturated rings. The number of benzene rings is 2. The molecule has 0 atom stereocenters. The number of piperidine rings is 1. The summed E-state index contributed by atoms with van der Waals surface area (Å²) in [6.45, 7) is 4.17. The maximum absolute atomic E-state index is 13.0. The van der Waals surface area contributed by atoms with Crippen LogP contribution >= 0.6 is 11.8 Å². The number of hydrogen-bond donors (Lipinski definition) is 1. The van der Waals surface area contributed by atoms with E-state index < -0.39 is 0 Å². The lowest BCUT2D eigenvalue weighted by Gasteiger charge is -2.32. The summed E-state index contributed by atoms with van der Waals surface area (Å²) in [4.78, 5) is 24.3. The SMILES string of the molecule is CC1CCN(c2nc3ccccc3nc2SCC(=O)Nc2ccc(F)cc2)CC1. The molecular formula is C22H23FN4OS. The van der Waals surface area contributed by atoms with Gasteiger partial charge in [-0.1, -0.05) is 30.8 Å². The van der Waals surface area contributed by atoms with Crippen molar-refractivity contribution in [2.24, 2.45) is 5.92 Å². The number of carbonyl (C=O) groups is 1.